The molecule has 25 heavy (non-hydrogen) atoms. The van der Waals surface area contributed by atoms with Crippen LogP contribution in [-0.2, 0) is 0 Å². The van der Waals surface area contributed by atoms with Crippen molar-refractivity contribution in [3.8, 4) is 11.8 Å². The highest BCUT2D eigenvalue weighted by atomic mass is 16.1. The van der Waals surface area contributed by atoms with Crippen LogP contribution in [0.25, 0.3) is 0 Å². The molecule has 1 atom stereocenters. The van der Waals surface area contributed by atoms with E-state index in [4.69, 9.17) is 0 Å². The van der Waals surface area contributed by atoms with Gasteiger partial charge in [0.05, 0.1) is 0 Å². The van der Waals surface area contributed by atoms with Crippen molar-refractivity contribution < 1.29 is 4.79 Å². The molecule has 3 rings (SSSR count). The van der Waals surface area contributed by atoms with Crippen LogP contribution in [0.15, 0.2) is 54.6 Å². The third-order valence-corrected chi connectivity index (χ3v) is 4.71. The lowest BCUT2D eigenvalue weighted by Gasteiger charge is -2.19. The predicted octanol–water partition coefficient (Wildman–Crippen LogP) is 3.30. The highest BCUT2D eigenvalue weighted by Gasteiger charge is 2.20. The Kier molecular flexibility index (Phi) is 5.87. The number of benzene rings is 2. The average molecular weight is 332 g/mol. The van der Waals surface area contributed by atoms with E-state index in [1.165, 1.54) is 19.4 Å². The number of carbonyl (C=O) groups excluding carboxylic acids is 1. The monoisotopic (exact) mass is 332 g/mol. The van der Waals surface area contributed by atoms with E-state index in [-0.39, 0.29) is 5.91 Å². The summed E-state index contributed by atoms with van der Waals surface area (Å²) in [4.78, 5) is 14.6. The summed E-state index contributed by atoms with van der Waals surface area (Å²) in [5.41, 5.74) is 2.58. The van der Waals surface area contributed by atoms with E-state index >= 15 is 0 Å². The lowest BCUT2D eigenvalue weighted by atomic mass is 10.1. The zero-order valence-electron chi connectivity index (χ0n) is 14.7. The maximum absolute atomic E-state index is 12.2. The molecule has 0 spiro atoms. The van der Waals surface area contributed by atoms with Crippen LogP contribution >= 0.6 is 0 Å². The molecule has 1 aliphatic rings. The first-order chi connectivity index (χ1) is 12.2. The van der Waals surface area contributed by atoms with E-state index in [9.17, 15) is 4.79 Å². The maximum Gasteiger partial charge on any atom is 0.251 e. The van der Waals surface area contributed by atoms with Crippen molar-refractivity contribution >= 4 is 5.91 Å². The summed E-state index contributed by atoms with van der Waals surface area (Å²) in [6.45, 7) is 1.90. The number of carbonyl (C=O) groups is 1. The van der Waals surface area contributed by atoms with E-state index < -0.39 is 0 Å². The Morgan fingerprint density at radius 2 is 1.76 bits per heavy atom. The van der Waals surface area contributed by atoms with Gasteiger partial charge in [0.15, 0.2) is 0 Å². The lowest BCUT2D eigenvalue weighted by molar-refractivity contribution is 0.0950. The minimum Gasteiger partial charge on any atom is -0.352 e. The molecule has 1 heterocycles. The molecule has 1 unspecified atom stereocenters. The second kappa shape index (κ2) is 8.50. The summed E-state index contributed by atoms with van der Waals surface area (Å²) >= 11 is 0. The van der Waals surface area contributed by atoms with E-state index in [0.717, 1.165) is 24.1 Å². The Balaban J connectivity index is 1.51. The largest absolute Gasteiger partial charge is 0.352 e. The molecule has 3 nitrogen and oxygen atoms in total. The van der Waals surface area contributed by atoms with Gasteiger partial charge >= 0.3 is 0 Å². The van der Waals surface area contributed by atoms with Crippen LogP contribution in [0.3, 0.4) is 0 Å². The van der Waals surface area contributed by atoms with Crippen LogP contribution in [0.5, 0.6) is 0 Å². The van der Waals surface area contributed by atoms with Gasteiger partial charge in [-0.3, -0.25) is 4.79 Å². The minimum absolute atomic E-state index is 0.0109. The second-order valence-corrected chi connectivity index (χ2v) is 6.51. The molecule has 3 heteroatoms. The van der Waals surface area contributed by atoms with Crippen LogP contribution in [0.1, 0.15) is 40.7 Å². The second-order valence-electron chi connectivity index (χ2n) is 6.51. The fourth-order valence-electron chi connectivity index (χ4n) is 3.17. The van der Waals surface area contributed by atoms with Crippen molar-refractivity contribution in [3.63, 3.8) is 0 Å². The molecule has 0 aromatic heterocycles. The highest BCUT2D eigenvalue weighted by Crippen LogP contribution is 2.17. The SMILES string of the molecule is CN1CCCC1CCNC(=O)c1ccc(C#Cc2ccccc2)cc1. The maximum atomic E-state index is 12.2. The smallest absolute Gasteiger partial charge is 0.251 e. The lowest BCUT2D eigenvalue weighted by Crippen LogP contribution is -2.31. The molecule has 1 amide bonds. The van der Waals surface area contributed by atoms with E-state index in [0.29, 0.717) is 11.6 Å². The van der Waals surface area contributed by atoms with Gasteiger partial charge in [0.25, 0.3) is 5.91 Å². The van der Waals surface area contributed by atoms with Gasteiger partial charge in [-0.25, -0.2) is 0 Å². The molecule has 0 saturated carbocycles. The number of hydrogen-bond acceptors (Lipinski definition) is 2. The highest BCUT2D eigenvalue weighted by molar-refractivity contribution is 5.94. The molecule has 1 fully saturated rings. The minimum atomic E-state index is -0.0109. The first-order valence-corrected chi connectivity index (χ1v) is 8.88. The van der Waals surface area contributed by atoms with E-state index in [1.54, 1.807) is 0 Å². The van der Waals surface area contributed by atoms with E-state index in [2.05, 4.69) is 29.1 Å². The van der Waals surface area contributed by atoms with Gasteiger partial charge in [0.1, 0.15) is 0 Å². The standard InChI is InChI=1S/C22H24N2O/c1-24-17-5-8-21(24)15-16-23-22(25)20-13-11-19(12-14-20)10-9-18-6-3-2-4-7-18/h2-4,6-7,11-14,21H,5,8,15-17H2,1H3,(H,23,25). The average Bonchev–Trinajstić information content (AvgIpc) is 3.06. The van der Waals surface area contributed by atoms with Gasteiger partial charge in [0, 0.05) is 29.3 Å². The fourth-order valence-corrected chi connectivity index (χ4v) is 3.17. The summed E-state index contributed by atoms with van der Waals surface area (Å²) in [7, 11) is 2.16. The normalized spacial score (nSPS) is 16.9. The summed E-state index contributed by atoms with van der Waals surface area (Å²) in [6.07, 6.45) is 3.52. The third kappa shape index (κ3) is 4.95. The van der Waals surface area contributed by atoms with Crippen molar-refractivity contribution in [2.24, 2.45) is 0 Å². The molecule has 0 radical (unpaired) electrons. The molecule has 0 aliphatic carbocycles. The van der Waals surface area contributed by atoms with Crippen molar-refractivity contribution in [2.45, 2.75) is 25.3 Å². The third-order valence-electron chi connectivity index (χ3n) is 4.71. The molecule has 1 N–H and O–H groups in total. The molecule has 1 aliphatic heterocycles. The zero-order valence-corrected chi connectivity index (χ0v) is 14.7. The Hall–Kier alpha value is -2.57. The van der Waals surface area contributed by atoms with Crippen LogP contribution in [0.4, 0.5) is 0 Å². The molecule has 0 bridgehead atoms. The van der Waals surface area contributed by atoms with E-state index in [1.807, 2.05) is 54.6 Å². The Bertz CT molecular complexity index is 756. The Morgan fingerprint density at radius 3 is 2.40 bits per heavy atom. The predicted molar refractivity (Wildman–Crippen MR) is 101 cm³/mol. The Labute approximate surface area is 150 Å². The molecule has 2 aromatic carbocycles. The van der Waals surface area contributed by atoms with Gasteiger partial charge < -0.3 is 10.2 Å². The first kappa shape index (κ1) is 17.3. The molecule has 128 valence electrons. The van der Waals surface area contributed by atoms with Gasteiger partial charge in [-0.2, -0.15) is 0 Å². The summed E-state index contributed by atoms with van der Waals surface area (Å²) in [6, 6.07) is 18.0. The molecular weight excluding hydrogens is 308 g/mol. The van der Waals surface area contributed by atoms with Crippen molar-refractivity contribution in [3.05, 3.63) is 71.3 Å². The number of nitrogens with zero attached hydrogens (tertiary/aromatic N) is 1. The van der Waals surface area contributed by atoms with Crippen molar-refractivity contribution in [2.75, 3.05) is 20.1 Å². The number of rotatable bonds is 4. The summed E-state index contributed by atoms with van der Waals surface area (Å²) in [5, 5.41) is 3.02. The molecular formula is C22H24N2O. The van der Waals surface area contributed by atoms with Gasteiger partial charge in [-0.1, -0.05) is 30.0 Å². The molecule has 2 aromatic rings. The van der Waals surface area contributed by atoms with Crippen LogP contribution in [0, 0.1) is 11.8 Å². The quantitative estimate of drug-likeness (QED) is 0.871. The van der Waals surface area contributed by atoms with Gasteiger partial charge in [-0.15, -0.1) is 0 Å². The summed E-state index contributed by atoms with van der Waals surface area (Å²) < 4.78 is 0. The van der Waals surface area contributed by atoms with Crippen LogP contribution in [0.2, 0.25) is 0 Å². The molecule has 1 saturated heterocycles. The van der Waals surface area contributed by atoms with Crippen molar-refractivity contribution in [1.29, 1.82) is 0 Å². The topological polar surface area (TPSA) is 32.3 Å². The fraction of sp³-hybridized carbons (Fsp3) is 0.318. The summed E-state index contributed by atoms with van der Waals surface area (Å²) in [5.74, 6) is 6.24. The van der Waals surface area contributed by atoms with Gasteiger partial charge in [-0.05, 0) is 69.3 Å². The van der Waals surface area contributed by atoms with Gasteiger partial charge in [0.2, 0.25) is 0 Å². The Morgan fingerprint density at radius 1 is 1.08 bits per heavy atom. The number of hydrogen-bond donors (Lipinski definition) is 1. The number of likely N-dealkylation sites (tertiary alicyclic amines) is 1. The van der Waals surface area contributed by atoms with Crippen LogP contribution < -0.4 is 5.32 Å². The number of nitrogens with one attached hydrogen (secondary N) is 1. The zero-order chi connectivity index (χ0) is 17.5. The first-order valence-electron chi connectivity index (χ1n) is 8.88. The van der Waals surface area contributed by atoms with Crippen molar-refractivity contribution in [1.82, 2.24) is 10.2 Å². The van der Waals surface area contributed by atoms with Crippen LogP contribution in [-0.4, -0.2) is 37.0 Å². The number of amides is 1.